The molecule has 0 N–H and O–H groups in total. The third-order valence-electron chi connectivity index (χ3n) is 3.00. The van der Waals surface area contributed by atoms with Crippen LogP contribution in [0.2, 0.25) is 0 Å². The van der Waals surface area contributed by atoms with Gasteiger partial charge in [0.05, 0.1) is 7.11 Å². The first-order chi connectivity index (χ1) is 8.85. The normalized spacial score (nSPS) is 11.8. The molecule has 1 atom stereocenters. The Balaban J connectivity index is 2.26. The number of aldehydes is 1. The van der Waals surface area contributed by atoms with Gasteiger partial charge < -0.3 is 9.53 Å². The molecular weight excluding hydrogens is 224 g/mol. The standard InChI is InChI=1S/C16H16O2/c1-18-16-10-6-5-9-15(16)14(12-17)11-13-7-3-2-4-8-13/h2-10,12,14H,11H2,1H3. The highest BCUT2D eigenvalue weighted by molar-refractivity contribution is 5.65. The summed E-state index contributed by atoms with van der Waals surface area (Å²) < 4.78 is 5.31. The maximum atomic E-state index is 11.3. The second kappa shape index (κ2) is 6.01. The van der Waals surface area contributed by atoms with Gasteiger partial charge in [0.25, 0.3) is 0 Å². The van der Waals surface area contributed by atoms with E-state index in [0.29, 0.717) is 6.42 Å². The van der Waals surface area contributed by atoms with Crippen LogP contribution in [0.4, 0.5) is 0 Å². The smallest absolute Gasteiger partial charge is 0.127 e. The molecule has 92 valence electrons. The first-order valence-corrected chi connectivity index (χ1v) is 5.97. The van der Waals surface area contributed by atoms with E-state index in [9.17, 15) is 4.79 Å². The Bertz CT molecular complexity index is 506. The molecule has 18 heavy (non-hydrogen) atoms. The number of ether oxygens (including phenoxy) is 1. The minimum atomic E-state index is -0.163. The third kappa shape index (κ3) is 2.77. The number of hydrogen-bond acceptors (Lipinski definition) is 2. The van der Waals surface area contributed by atoms with Crippen molar-refractivity contribution >= 4 is 6.29 Å². The highest BCUT2D eigenvalue weighted by Gasteiger charge is 2.15. The van der Waals surface area contributed by atoms with Gasteiger partial charge in [0, 0.05) is 11.5 Å². The number of para-hydroxylation sites is 1. The fourth-order valence-electron chi connectivity index (χ4n) is 2.07. The Morgan fingerprint density at radius 1 is 1.06 bits per heavy atom. The maximum absolute atomic E-state index is 11.3. The van der Waals surface area contributed by atoms with Crippen LogP contribution < -0.4 is 4.74 Å². The van der Waals surface area contributed by atoms with Crippen LogP contribution in [0.5, 0.6) is 5.75 Å². The van der Waals surface area contributed by atoms with E-state index in [1.807, 2.05) is 54.6 Å². The van der Waals surface area contributed by atoms with E-state index in [0.717, 1.165) is 23.2 Å². The van der Waals surface area contributed by atoms with Gasteiger partial charge in [-0.3, -0.25) is 0 Å². The van der Waals surface area contributed by atoms with Gasteiger partial charge in [-0.05, 0) is 18.1 Å². The second-order valence-corrected chi connectivity index (χ2v) is 4.17. The molecule has 0 aromatic heterocycles. The van der Waals surface area contributed by atoms with Crippen LogP contribution in [-0.2, 0) is 11.2 Å². The van der Waals surface area contributed by atoms with E-state index in [-0.39, 0.29) is 5.92 Å². The van der Waals surface area contributed by atoms with Crippen molar-refractivity contribution in [1.82, 2.24) is 0 Å². The summed E-state index contributed by atoms with van der Waals surface area (Å²) in [5.41, 5.74) is 2.10. The summed E-state index contributed by atoms with van der Waals surface area (Å²) in [5, 5.41) is 0. The van der Waals surface area contributed by atoms with Crippen molar-refractivity contribution in [2.24, 2.45) is 0 Å². The monoisotopic (exact) mass is 240 g/mol. The number of carbonyl (C=O) groups is 1. The van der Waals surface area contributed by atoms with Gasteiger partial charge in [0.15, 0.2) is 0 Å². The number of rotatable bonds is 5. The molecule has 0 radical (unpaired) electrons. The molecule has 0 bridgehead atoms. The van der Waals surface area contributed by atoms with Crippen LogP contribution in [-0.4, -0.2) is 13.4 Å². The van der Waals surface area contributed by atoms with Gasteiger partial charge in [0.1, 0.15) is 12.0 Å². The zero-order valence-electron chi connectivity index (χ0n) is 10.4. The van der Waals surface area contributed by atoms with Gasteiger partial charge >= 0.3 is 0 Å². The van der Waals surface area contributed by atoms with Crippen LogP contribution in [0.3, 0.4) is 0 Å². The second-order valence-electron chi connectivity index (χ2n) is 4.17. The molecule has 0 fully saturated rings. The first kappa shape index (κ1) is 12.4. The Kier molecular flexibility index (Phi) is 4.13. The molecule has 0 heterocycles. The van der Waals surface area contributed by atoms with E-state index in [4.69, 9.17) is 4.74 Å². The lowest BCUT2D eigenvalue weighted by atomic mass is 9.92. The zero-order chi connectivity index (χ0) is 12.8. The van der Waals surface area contributed by atoms with Crippen LogP contribution in [0.25, 0.3) is 0 Å². The fraction of sp³-hybridized carbons (Fsp3) is 0.188. The largest absolute Gasteiger partial charge is 0.496 e. The Labute approximate surface area is 107 Å². The van der Waals surface area contributed by atoms with Crippen molar-refractivity contribution < 1.29 is 9.53 Å². The van der Waals surface area contributed by atoms with Gasteiger partial charge in [-0.1, -0.05) is 48.5 Å². The molecule has 2 aromatic carbocycles. The molecule has 2 aromatic rings. The number of benzene rings is 2. The predicted octanol–water partition coefficient (Wildman–Crippen LogP) is 3.22. The Hall–Kier alpha value is -2.09. The molecule has 0 aliphatic heterocycles. The molecule has 0 aliphatic carbocycles. The summed E-state index contributed by atoms with van der Waals surface area (Å²) in [6, 6.07) is 17.7. The third-order valence-corrected chi connectivity index (χ3v) is 3.00. The van der Waals surface area contributed by atoms with Crippen molar-refractivity contribution in [1.29, 1.82) is 0 Å². The molecule has 0 spiro atoms. The van der Waals surface area contributed by atoms with Crippen LogP contribution >= 0.6 is 0 Å². The van der Waals surface area contributed by atoms with Crippen molar-refractivity contribution in [3.63, 3.8) is 0 Å². The maximum Gasteiger partial charge on any atom is 0.127 e. The van der Waals surface area contributed by atoms with E-state index >= 15 is 0 Å². The zero-order valence-corrected chi connectivity index (χ0v) is 10.4. The molecule has 0 saturated carbocycles. The summed E-state index contributed by atoms with van der Waals surface area (Å²) in [7, 11) is 1.63. The van der Waals surface area contributed by atoms with Gasteiger partial charge in [-0.2, -0.15) is 0 Å². The summed E-state index contributed by atoms with van der Waals surface area (Å²) in [6.45, 7) is 0. The molecular formula is C16H16O2. The summed E-state index contributed by atoms with van der Waals surface area (Å²) >= 11 is 0. The summed E-state index contributed by atoms with van der Waals surface area (Å²) in [4.78, 5) is 11.3. The highest BCUT2D eigenvalue weighted by Crippen LogP contribution is 2.27. The highest BCUT2D eigenvalue weighted by atomic mass is 16.5. The van der Waals surface area contributed by atoms with Crippen LogP contribution in [0, 0.1) is 0 Å². The Morgan fingerprint density at radius 3 is 2.39 bits per heavy atom. The molecule has 0 amide bonds. The quantitative estimate of drug-likeness (QED) is 0.750. The van der Waals surface area contributed by atoms with Crippen molar-refractivity contribution in [3.8, 4) is 5.75 Å². The number of carbonyl (C=O) groups excluding carboxylic acids is 1. The number of hydrogen-bond donors (Lipinski definition) is 0. The average molecular weight is 240 g/mol. The van der Waals surface area contributed by atoms with Crippen molar-refractivity contribution in [3.05, 3.63) is 65.7 Å². The fourth-order valence-corrected chi connectivity index (χ4v) is 2.07. The molecule has 0 aliphatic rings. The van der Waals surface area contributed by atoms with Crippen LogP contribution in [0.1, 0.15) is 17.0 Å². The van der Waals surface area contributed by atoms with Crippen molar-refractivity contribution in [2.75, 3.05) is 7.11 Å². The van der Waals surface area contributed by atoms with Gasteiger partial charge in [-0.15, -0.1) is 0 Å². The molecule has 0 saturated heterocycles. The van der Waals surface area contributed by atoms with Crippen LogP contribution in [0.15, 0.2) is 54.6 Å². The summed E-state index contributed by atoms with van der Waals surface area (Å²) in [5.74, 6) is 0.606. The lowest BCUT2D eigenvalue weighted by Crippen LogP contribution is -2.06. The topological polar surface area (TPSA) is 26.3 Å². The molecule has 1 unspecified atom stereocenters. The van der Waals surface area contributed by atoms with Gasteiger partial charge in [0.2, 0.25) is 0 Å². The molecule has 2 nitrogen and oxygen atoms in total. The SMILES string of the molecule is COc1ccccc1C(C=O)Cc1ccccc1. The van der Waals surface area contributed by atoms with E-state index in [1.165, 1.54) is 0 Å². The lowest BCUT2D eigenvalue weighted by molar-refractivity contribution is -0.109. The lowest BCUT2D eigenvalue weighted by Gasteiger charge is -2.14. The van der Waals surface area contributed by atoms with Crippen molar-refractivity contribution in [2.45, 2.75) is 12.3 Å². The average Bonchev–Trinajstić information content (AvgIpc) is 2.46. The Morgan fingerprint density at radius 2 is 1.72 bits per heavy atom. The van der Waals surface area contributed by atoms with E-state index in [1.54, 1.807) is 7.11 Å². The predicted molar refractivity (Wildman–Crippen MR) is 71.9 cm³/mol. The minimum Gasteiger partial charge on any atom is -0.496 e. The first-order valence-electron chi connectivity index (χ1n) is 5.97. The summed E-state index contributed by atoms with van der Waals surface area (Å²) in [6.07, 6.45) is 1.69. The van der Waals surface area contributed by atoms with E-state index in [2.05, 4.69) is 0 Å². The molecule has 2 rings (SSSR count). The minimum absolute atomic E-state index is 0.163. The van der Waals surface area contributed by atoms with E-state index < -0.39 is 0 Å². The van der Waals surface area contributed by atoms with Gasteiger partial charge in [-0.25, -0.2) is 0 Å². The molecule has 2 heteroatoms. The number of methoxy groups -OCH3 is 1.